The van der Waals surface area contributed by atoms with E-state index in [0.29, 0.717) is 17.9 Å². The first-order valence-electron chi connectivity index (χ1n) is 7.50. The molecule has 0 bridgehead atoms. The fraction of sp³-hybridized carbons (Fsp3) is 0.857. The Morgan fingerprint density at radius 2 is 2.00 bits per heavy atom. The van der Waals surface area contributed by atoms with Crippen LogP contribution < -0.4 is 10.6 Å². The lowest BCUT2D eigenvalue weighted by Crippen LogP contribution is -2.45. The van der Waals surface area contributed by atoms with Gasteiger partial charge < -0.3 is 15.5 Å². The topological polar surface area (TPSA) is 56.7 Å². The molecule has 0 aromatic rings. The van der Waals surface area contributed by atoms with Gasteiger partial charge in [-0.1, -0.05) is 12.8 Å². The second-order valence-electron chi connectivity index (χ2n) is 5.50. The van der Waals surface area contributed by atoms with E-state index in [1.165, 1.54) is 12.8 Å². The zero-order valence-corrected chi connectivity index (χ0v) is 14.9. The molecule has 6 heteroatoms. The zero-order valence-electron chi connectivity index (χ0n) is 12.5. The van der Waals surface area contributed by atoms with Crippen LogP contribution >= 0.6 is 24.0 Å². The second-order valence-corrected chi connectivity index (χ2v) is 5.50. The number of hydrogen-bond donors (Lipinski definition) is 2. The number of halogens is 1. The number of likely N-dealkylation sites (tertiary alicyclic amines) is 1. The quantitative estimate of drug-likeness (QED) is 0.434. The van der Waals surface area contributed by atoms with Crippen LogP contribution in [0.3, 0.4) is 0 Å². The first-order valence-corrected chi connectivity index (χ1v) is 7.50. The molecule has 0 spiro atoms. The van der Waals surface area contributed by atoms with Crippen molar-refractivity contribution in [2.24, 2.45) is 10.9 Å². The van der Waals surface area contributed by atoms with E-state index in [0.717, 1.165) is 44.9 Å². The number of carbonyl (C=O) groups excluding carboxylic acids is 1. The first-order chi connectivity index (χ1) is 9.24. The molecular formula is C14H27IN4O. The Bertz CT molecular complexity index is 342. The minimum Gasteiger partial charge on any atom is -0.357 e. The number of nitrogens with one attached hydrogen (secondary N) is 2. The minimum atomic E-state index is 0. The van der Waals surface area contributed by atoms with Crippen molar-refractivity contribution in [3.63, 3.8) is 0 Å². The van der Waals surface area contributed by atoms with Gasteiger partial charge in [0.15, 0.2) is 5.96 Å². The Morgan fingerprint density at radius 3 is 2.60 bits per heavy atom. The highest BCUT2D eigenvalue weighted by atomic mass is 127. The number of hydrogen-bond acceptors (Lipinski definition) is 2. The van der Waals surface area contributed by atoms with Crippen LogP contribution in [0.5, 0.6) is 0 Å². The standard InChI is InChI=1S/C14H26N4O.HI/c1-3-16-14(15-2)17-12-8-9-18(10-12)13(19)11-6-4-5-7-11;/h11-12H,3-10H2,1-2H3,(H2,15,16,17);1H. The SMILES string of the molecule is CCNC(=NC)NC1CCN(C(=O)C2CCCC2)C1.I. The number of guanidine groups is 1. The summed E-state index contributed by atoms with van der Waals surface area (Å²) in [6, 6.07) is 0.336. The summed E-state index contributed by atoms with van der Waals surface area (Å²) in [5, 5.41) is 6.58. The van der Waals surface area contributed by atoms with Crippen molar-refractivity contribution in [2.45, 2.75) is 45.1 Å². The van der Waals surface area contributed by atoms with Gasteiger partial charge in [-0.2, -0.15) is 0 Å². The minimum absolute atomic E-state index is 0. The summed E-state index contributed by atoms with van der Waals surface area (Å²) < 4.78 is 0. The molecule has 5 nitrogen and oxygen atoms in total. The van der Waals surface area contributed by atoms with Crippen LogP contribution in [0.15, 0.2) is 4.99 Å². The molecule has 1 atom stereocenters. The van der Waals surface area contributed by atoms with Gasteiger partial charge in [0.2, 0.25) is 5.91 Å². The van der Waals surface area contributed by atoms with Gasteiger partial charge in [-0.05, 0) is 26.2 Å². The maximum Gasteiger partial charge on any atom is 0.225 e. The molecule has 0 aromatic carbocycles. The van der Waals surface area contributed by atoms with Crippen molar-refractivity contribution in [1.29, 1.82) is 0 Å². The van der Waals surface area contributed by atoms with Gasteiger partial charge in [0.25, 0.3) is 0 Å². The normalized spacial score (nSPS) is 23.6. The van der Waals surface area contributed by atoms with Crippen LogP contribution in [0.25, 0.3) is 0 Å². The van der Waals surface area contributed by atoms with Crippen LogP contribution in [0.4, 0.5) is 0 Å². The summed E-state index contributed by atoms with van der Waals surface area (Å²) in [5.74, 6) is 1.51. The Morgan fingerprint density at radius 1 is 1.30 bits per heavy atom. The molecule has 1 heterocycles. The van der Waals surface area contributed by atoms with Crippen LogP contribution in [0.2, 0.25) is 0 Å². The summed E-state index contributed by atoms with van der Waals surface area (Å²) in [7, 11) is 1.78. The van der Waals surface area contributed by atoms with Crippen molar-refractivity contribution in [3.8, 4) is 0 Å². The highest BCUT2D eigenvalue weighted by Crippen LogP contribution is 2.27. The van der Waals surface area contributed by atoms with Crippen LogP contribution in [-0.2, 0) is 4.79 Å². The number of amides is 1. The Labute approximate surface area is 139 Å². The molecule has 20 heavy (non-hydrogen) atoms. The molecule has 1 saturated heterocycles. The van der Waals surface area contributed by atoms with E-state index in [-0.39, 0.29) is 24.0 Å². The van der Waals surface area contributed by atoms with Gasteiger partial charge in [0.05, 0.1) is 0 Å². The Kier molecular flexibility index (Phi) is 7.61. The number of carbonyl (C=O) groups is 1. The maximum atomic E-state index is 12.3. The van der Waals surface area contributed by atoms with E-state index in [2.05, 4.69) is 22.5 Å². The van der Waals surface area contributed by atoms with Gasteiger partial charge in [-0.25, -0.2) is 0 Å². The van der Waals surface area contributed by atoms with E-state index >= 15 is 0 Å². The van der Waals surface area contributed by atoms with E-state index in [9.17, 15) is 4.79 Å². The molecule has 1 saturated carbocycles. The lowest BCUT2D eigenvalue weighted by atomic mass is 10.1. The van der Waals surface area contributed by atoms with Crippen LogP contribution in [-0.4, -0.2) is 49.5 Å². The first kappa shape index (κ1) is 17.5. The molecule has 2 aliphatic rings. The zero-order chi connectivity index (χ0) is 13.7. The third-order valence-electron chi connectivity index (χ3n) is 4.11. The average molecular weight is 394 g/mol. The van der Waals surface area contributed by atoms with Crippen LogP contribution in [0.1, 0.15) is 39.0 Å². The third-order valence-corrected chi connectivity index (χ3v) is 4.11. The molecule has 0 aromatic heterocycles. The van der Waals surface area contributed by atoms with Crippen molar-refractivity contribution in [3.05, 3.63) is 0 Å². The summed E-state index contributed by atoms with van der Waals surface area (Å²) >= 11 is 0. The Balaban J connectivity index is 0.00000200. The predicted molar refractivity (Wildman–Crippen MR) is 92.5 cm³/mol. The number of aliphatic imine (C=N–C) groups is 1. The molecule has 1 aliphatic heterocycles. The van der Waals surface area contributed by atoms with Gasteiger partial charge in [-0.15, -0.1) is 24.0 Å². The molecule has 1 amide bonds. The highest BCUT2D eigenvalue weighted by Gasteiger charge is 2.32. The van der Waals surface area contributed by atoms with Crippen molar-refractivity contribution < 1.29 is 4.79 Å². The van der Waals surface area contributed by atoms with E-state index in [1.54, 1.807) is 7.05 Å². The van der Waals surface area contributed by atoms with Gasteiger partial charge >= 0.3 is 0 Å². The van der Waals surface area contributed by atoms with E-state index < -0.39 is 0 Å². The monoisotopic (exact) mass is 394 g/mol. The van der Waals surface area contributed by atoms with Crippen LogP contribution in [0, 0.1) is 5.92 Å². The lowest BCUT2D eigenvalue weighted by molar-refractivity contribution is -0.134. The molecule has 1 unspecified atom stereocenters. The van der Waals surface area contributed by atoms with E-state index in [4.69, 9.17) is 0 Å². The maximum absolute atomic E-state index is 12.3. The number of rotatable bonds is 3. The van der Waals surface area contributed by atoms with Crippen molar-refractivity contribution in [2.75, 3.05) is 26.7 Å². The largest absolute Gasteiger partial charge is 0.357 e. The second kappa shape index (κ2) is 8.69. The molecule has 0 radical (unpaired) electrons. The van der Waals surface area contributed by atoms with Crippen molar-refractivity contribution >= 4 is 35.8 Å². The smallest absolute Gasteiger partial charge is 0.225 e. The fourth-order valence-electron chi connectivity index (χ4n) is 3.06. The molecule has 2 fully saturated rings. The molecule has 2 N–H and O–H groups in total. The Hall–Kier alpha value is -0.530. The summed E-state index contributed by atoms with van der Waals surface area (Å²) in [6.07, 6.45) is 5.64. The highest BCUT2D eigenvalue weighted by molar-refractivity contribution is 14.0. The van der Waals surface area contributed by atoms with Gasteiger partial charge in [0.1, 0.15) is 0 Å². The fourth-order valence-corrected chi connectivity index (χ4v) is 3.06. The summed E-state index contributed by atoms with van der Waals surface area (Å²) in [6.45, 7) is 4.62. The molecular weight excluding hydrogens is 367 g/mol. The van der Waals surface area contributed by atoms with Crippen molar-refractivity contribution in [1.82, 2.24) is 15.5 Å². The molecule has 116 valence electrons. The predicted octanol–water partition coefficient (Wildman–Crippen LogP) is 1.58. The molecule has 2 rings (SSSR count). The average Bonchev–Trinajstić information content (AvgIpc) is 3.08. The summed E-state index contributed by atoms with van der Waals surface area (Å²) in [4.78, 5) is 18.5. The van der Waals surface area contributed by atoms with Gasteiger partial charge in [-0.3, -0.25) is 9.79 Å². The molecule has 1 aliphatic carbocycles. The summed E-state index contributed by atoms with van der Waals surface area (Å²) in [5.41, 5.74) is 0. The third kappa shape index (κ3) is 4.49. The lowest BCUT2D eigenvalue weighted by Gasteiger charge is -2.21. The number of nitrogens with zero attached hydrogens (tertiary/aromatic N) is 2. The van der Waals surface area contributed by atoms with E-state index in [1.807, 2.05) is 4.90 Å². The van der Waals surface area contributed by atoms with Gasteiger partial charge in [0, 0.05) is 38.6 Å².